The first-order chi connectivity index (χ1) is 13.8. The molecule has 1 aromatic rings. The number of carbonyl (C=O) groups is 1. The van der Waals surface area contributed by atoms with Crippen molar-refractivity contribution in [2.75, 3.05) is 11.6 Å². The van der Waals surface area contributed by atoms with E-state index in [4.69, 9.17) is 4.74 Å². The zero-order valence-corrected chi connectivity index (χ0v) is 17.8. The van der Waals surface area contributed by atoms with Crippen molar-refractivity contribution in [2.45, 2.75) is 64.3 Å². The summed E-state index contributed by atoms with van der Waals surface area (Å²) < 4.78 is 46.2. The number of halogens is 3. The van der Waals surface area contributed by atoms with Gasteiger partial charge in [0, 0.05) is 0 Å². The van der Waals surface area contributed by atoms with E-state index in [0.717, 1.165) is 37.1 Å². The average Bonchev–Trinajstić information content (AvgIpc) is 3.11. The number of alkyl halides is 3. The van der Waals surface area contributed by atoms with Gasteiger partial charge in [0.25, 0.3) is 0 Å². The number of ether oxygens (including phenoxy) is 1. The fraction of sp³-hybridized carbons (Fsp3) is 0.550. The normalized spacial score (nSPS) is 15.4. The van der Waals surface area contributed by atoms with Crippen molar-refractivity contribution in [3.05, 3.63) is 41.7 Å². The minimum atomic E-state index is -4.41. The molecule has 0 spiro atoms. The van der Waals surface area contributed by atoms with Crippen molar-refractivity contribution in [1.82, 2.24) is 9.95 Å². The molecule has 0 fully saturated rings. The lowest BCUT2D eigenvalue weighted by molar-refractivity contribution is -0.143. The minimum Gasteiger partial charge on any atom is -0.465 e. The maximum atomic E-state index is 13.1. The van der Waals surface area contributed by atoms with Gasteiger partial charge in [-0.3, -0.25) is 9.80 Å². The Hall–Kier alpha value is -1.87. The van der Waals surface area contributed by atoms with E-state index in [9.17, 15) is 18.0 Å². The highest BCUT2D eigenvalue weighted by molar-refractivity contribution is 7.98. The molecule has 9 heteroatoms. The number of nitrogens with zero attached hydrogens (tertiary/aromatic N) is 2. The van der Waals surface area contributed by atoms with E-state index in [1.165, 1.54) is 18.0 Å². The monoisotopic (exact) mass is 431 g/mol. The number of hydrogen-bond donors (Lipinski definition) is 1. The van der Waals surface area contributed by atoms with E-state index >= 15 is 0 Å². The summed E-state index contributed by atoms with van der Waals surface area (Å²) in [4.78, 5) is 12.4. The highest BCUT2D eigenvalue weighted by Gasteiger charge is 2.32. The first-order valence-electron chi connectivity index (χ1n) is 9.87. The Bertz CT molecular complexity index is 712. The van der Waals surface area contributed by atoms with Crippen LogP contribution in [0.2, 0.25) is 0 Å². The Morgan fingerprint density at radius 3 is 2.62 bits per heavy atom. The molecule has 0 bridgehead atoms. The van der Waals surface area contributed by atoms with E-state index in [2.05, 4.69) is 12.5 Å². The molecule has 1 aliphatic heterocycles. The minimum absolute atomic E-state index is 0.268. The zero-order valence-electron chi connectivity index (χ0n) is 17.0. The number of hydrazine groups is 2. The van der Waals surface area contributed by atoms with E-state index in [1.807, 2.05) is 13.8 Å². The number of anilines is 1. The lowest BCUT2D eigenvalue weighted by atomic mass is 10.2. The molecule has 1 atom stereocenters. The largest absolute Gasteiger partial charge is 0.465 e. The fourth-order valence-electron chi connectivity index (χ4n) is 2.77. The van der Waals surface area contributed by atoms with Crippen molar-refractivity contribution in [3.63, 3.8) is 0 Å². The lowest BCUT2D eigenvalue weighted by Gasteiger charge is -2.26. The summed E-state index contributed by atoms with van der Waals surface area (Å²) in [6, 6.07) is 5.15. The van der Waals surface area contributed by atoms with Crippen LogP contribution in [0.15, 0.2) is 36.2 Å². The third-order valence-electron chi connectivity index (χ3n) is 4.32. The Morgan fingerprint density at radius 2 is 2.00 bits per heavy atom. The molecule has 0 amide bonds. The van der Waals surface area contributed by atoms with Gasteiger partial charge in [-0.1, -0.05) is 39.7 Å². The molecule has 1 heterocycles. The third-order valence-corrected chi connectivity index (χ3v) is 5.41. The molecule has 1 N–H and O–H groups in total. The molecule has 0 saturated heterocycles. The summed E-state index contributed by atoms with van der Waals surface area (Å²) >= 11 is 1.29. The lowest BCUT2D eigenvalue weighted by Crippen LogP contribution is -2.39. The van der Waals surface area contributed by atoms with Gasteiger partial charge in [0.2, 0.25) is 0 Å². The Morgan fingerprint density at radius 1 is 1.24 bits per heavy atom. The number of hydrogen-bond acceptors (Lipinski definition) is 6. The molecule has 162 valence electrons. The maximum absolute atomic E-state index is 13.1. The SMILES string of the molecule is CCCCC(SN1C=C(CC)N(c2cccc(C(F)(F)F)c2)N1)C(=O)OCCC. The van der Waals surface area contributed by atoms with Gasteiger partial charge in [-0.05, 0) is 49.4 Å². The smallest absolute Gasteiger partial charge is 0.416 e. The summed E-state index contributed by atoms with van der Waals surface area (Å²) in [7, 11) is 0. The van der Waals surface area contributed by atoms with Crippen molar-refractivity contribution < 1.29 is 22.7 Å². The van der Waals surface area contributed by atoms with Crippen LogP contribution < -0.4 is 10.5 Å². The van der Waals surface area contributed by atoms with Gasteiger partial charge in [0.05, 0.1) is 29.8 Å². The van der Waals surface area contributed by atoms with Crippen LogP contribution in [-0.4, -0.2) is 22.2 Å². The van der Waals surface area contributed by atoms with Gasteiger partial charge >= 0.3 is 12.1 Å². The maximum Gasteiger partial charge on any atom is 0.416 e. The second-order valence-corrected chi connectivity index (χ2v) is 7.86. The summed E-state index contributed by atoms with van der Waals surface area (Å²) in [6.45, 7) is 6.29. The van der Waals surface area contributed by atoms with Crippen LogP contribution in [0.1, 0.15) is 58.4 Å². The molecule has 1 aliphatic rings. The van der Waals surface area contributed by atoms with Crippen LogP contribution in [0.25, 0.3) is 0 Å². The van der Waals surface area contributed by atoms with E-state index < -0.39 is 11.7 Å². The van der Waals surface area contributed by atoms with Crippen molar-refractivity contribution in [3.8, 4) is 0 Å². The summed E-state index contributed by atoms with van der Waals surface area (Å²) in [5.74, 6) is -0.268. The van der Waals surface area contributed by atoms with Gasteiger partial charge < -0.3 is 4.74 Å². The van der Waals surface area contributed by atoms with Gasteiger partial charge in [-0.25, -0.2) is 4.41 Å². The number of unbranched alkanes of at least 4 members (excludes halogenated alkanes) is 1. The predicted octanol–water partition coefficient (Wildman–Crippen LogP) is 5.66. The molecule has 0 saturated carbocycles. The highest BCUT2D eigenvalue weighted by Crippen LogP contribution is 2.34. The number of esters is 1. The summed E-state index contributed by atoms with van der Waals surface area (Å²) in [5, 5.41) is 1.22. The fourth-order valence-corrected chi connectivity index (χ4v) is 3.78. The topological polar surface area (TPSA) is 44.8 Å². The molecule has 1 aromatic carbocycles. The molecule has 0 radical (unpaired) electrons. The van der Waals surface area contributed by atoms with Crippen LogP contribution >= 0.6 is 11.9 Å². The molecule has 2 rings (SSSR count). The van der Waals surface area contributed by atoms with Crippen molar-refractivity contribution in [2.24, 2.45) is 0 Å². The van der Waals surface area contributed by atoms with E-state index in [-0.39, 0.29) is 11.2 Å². The Kier molecular flexibility index (Phi) is 8.70. The molecular weight excluding hydrogens is 403 g/mol. The van der Waals surface area contributed by atoms with E-state index in [1.54, 1.807) is 21.7 Å². The van der Waals surface area contributed by atoms with Crippen LogP contribution in [0.4, 0.5) is 18.9 Å². The number of carbonyl (C=O) groups excluding carboxylic acids is 1. The van der Waals surface area contributed by atoms with Crippen LogP contribution in [0.3, 0.4) is 0 Å². The van der Waals surface area contributed by atoms with E-state index in [0.29, 0.717) is 25.1 Å². The quantitative estimate of drug-likeness (QED) is 0.381. The van der Waals surface area contributed by atoms with Crippen LogP contribution in [0, 0.1) is 0 Å². The first kappa shape index (κ1) is 23.4. The standard InChI is InChI=1S/C20H28F3N3O2S/c1-4-7-11-18(19(27)28-12-5-2)29-25-14-16(6-3)26(24-25)17-10-8-9-15(13-17)20(21,22)23/h8-10,13-14,18,24H,4-7,11-12H2,1-3H3. The molecular formula is C20H28F3N3O2S. The van der Waals surface area contributed by atoms with Gasteiger partial charge in [-0.2, -0.15) is 13.2 Å². The highest BCUT2D eigenvalue weighted by atomic mass is 32.2. The molecule has 0 aliphatic carbocycles. The molecule has 0 aromatic heterocycles. The predicted molar refractivity (Wildman–Crippen MR) is 109 cm³/mol. The van der Waals surface area contributed by atoms with Crippen molar-refractivity contribution in [1.29, 1.82) is 0 Å². The number of benzene rings is 1. The van der Waals surface area contributed by atoms with Crippen molar-refractivity contribution >= 4 is 23.6 Å². The summed E-state index contributed by atoms with van der Waals surface area (Å²) in [6.07, 6.45) is 1.26. The second-order valence-electron chi connectivity index (χ2n) is 6.69. The average molecular weight is 432 g/mol. The molecule has 1 unspecified atom stereocenters. The molecule has 5 nitrogen and oxygen atoms in total. The second kappa shape index (κ2) is 10.8. The molecule has 29 heavy (non-hydrogen) atoms. The van der Waals surface area contributed by atoms with Crippen LogP contribution in [-0.2, 0) is 15.7 Å². The number of rotatable bonds is 10. The summed E-state index contributed by atoms with van der Waals surface area (Å²) in [5.41, 5.74) is 3.54. The Balaban J connectivity index is 2.14. The van der Waals surface area contributed by atoms with Crippen LogP contribution in [0.5, 0.6) is 0 Å². The Labute approximate surface area is 174 Å². The van der Waals surface area contributed by atoms with Gasteiger partial charge in [0.15, 0.2) is 0 Å². The third kappa shape index (κ3) is 6.57. The zero-order chi connectivity index (χ0) is 21.4. The number of nitrogens with one attached hydrogen (secondary N) is 1. The van der Waals surface area contributed by atoms with Gasteiger partial charge in [-0.15, -0.1) is 5.53 Å². The van der Waals surface area contributed by atoms with Gasteiger partial charge in [0.1, 0.15) is 5.25 Å². The first-order valence-corrected chi connectivity index (χ1v) is 10.7. The number of allylic oxidation sites excluding steroid dienone is 1.